The van der Waals surface area contributed by atoms with E-state index in [1.54, 1.807) is 31.2 Å². The van der Waals surface area contributed by atoms with E-state index in [0.29, 0.717) is 26.6 Å². The van der Waals surface area contributed by atoms with Crippen LogP contribution in [0.1, 0.15) is 5.56 Å². The lowest BCUT2D eigenvalue weighted by molar-refractivity contribution is -0.273. The quantitative estimate of drug-likeness (QED) is 0.161. The molecule has 0 spiro atoms. The number of thiophene rings is 1. The number of carbonyl (C=O) groups is 2. The average Bonchev–Trinajstić information content (AvgIpc) is 3.20. The van der Waals surface area contributed by atoms with Crippen LogP contribution in [0.4, 0.5) is 13.2 Å². The molecule has 0 aliphatic rings. The van der Waals surface area contributed by atoms with E-state index in [9.17, 15) is 22.8 Å². The Bertz CT molecular complexity index is 1480. The maximum absolute atomic E-state index is 13.4. The van der Waals surface area contributed by atoms with Crippen LogP contribution in [-0.2, 0) is 9.59 Å². The van der Waals surface area contributed by atoms with Crippen LogP contribution < -0.4 is 14.2 Å². The van der Waals surface area contributed by atoms with Gasteiger partial charge in [0.2, 0.25) is 0 Å². The summed E-state index contributed by atoms with van der Waals surface area (Å²) in [6.45, 7) is 8.41. The first kappa shape index (κ1) is 24.0. The van der Waals surface area contributed by atoms with Crippen molar-refractivity contribution in [2.75, 3.05) is 0 Å². The Kier molecular flexibility index (Phi) is 6.36. The molecular formula is C26H17F3O5S. The standard InChI is InChI=1S/C26H17F3O5S/c1-4-21(30)32-16-8-6-15(7-9-16)17-10-11-19-18-12-13-20(33-22(31)5-2)14(3)24(18)35-25(19)23(17)34-26(27,28)29/h4-13H,1-2H2,3H3. The first-order chi connectivity index (χ1) is 16.6. The van der Waals surface area contributed by atoms with Crippen molar-refractivity contribution in [3.63, 3.8) is 0 Å². The van der Waals surface area contributed by atoms with Gasteiger partial charge in [-0.1, -0.05) is 31.4 Å². The van der Waals surface area contributed by atoms with E-state index in [-0.39, 0.29) is 27.5 Å². The molecule has 0 atom stereocenters. The molecular weight excluding hydrogens is 481 g/mol. The molecule has 9 heteroatoms. The third-order valence-electron chi connectivity index (χ3n) is 5.11. The maximum atomic E-state index is 13.4. The Balaban J connectivity index is 1.89. The Morgan fingerprint density at radius 2 is 1.46 bits per heavy atom. The van der Waals surface area contributed by atoms with Gasteiger partial charge in [-0.15, -0.1) is 24.5 Å². The number of halogens is 3. The van der Waals surface area contributed by atoms with Crippen LogP contribution in [0.15, 0.2) is 73.8 Å². The normalized spacial score (nSPS) is 11.3. The minimum atomic E-state index is -4.93. The van der Waals surface area contributed by atoms with E-state index >= 15 is 0 Å². The predicted molar refractivity (Wildman–Crippen MR) is 128 cm³/mol. The number of rotatable bonds is 6. The van der Waals surface area contributed by atoms with E-state index < -0.39 is 18.3 Å². The van der Waals surface area contributed by atoms with Gasteiger partial charge in [0, 0.05) is 38.8 Å². The molecule has 0 radical (unpaired) electrons. The molecule has 0 N–H and O–H groups in total. The van der Waals surface area contributed by atoms with E-state index in [4.69, 9.17) is 9.47 Å². The van der Waals surface area contributed by atoms with Crippen LogP contribution in [0.5, 0.6) is 17.2 Å². The van der Waals surface area contributed by atoms with Crippen molar-refractivity contribution < 1.29 is 37.0 Å². The number of fused-ring (bicyclic) bond motifs is 3. The van der Waals surface area contributed by atoms with Gasteiger partial charge in [0.15, 0.2) is 5.75 Å². The monoisotopic (exact) mass is 498 g/mol. The van der Waals surface area contributed by atoms with Crippen LogP contribution in [0, 0.1) is 6.92 Å². The minimum absolute atomic E-state index is 0.207. The lowest BCUT2D eigenvalue weighted by atomic mass is 10.0. The van der Waals surface area contributed by atoms with Gasteiger partial charge in [-0.3, -0.25) is 0 Å². The zero-order chi connectivity index (χ0) is 25.3. The molecule has 4 rings (SSSR count). The largest absolute Gasteiger partial charge is 0.573 e. The smallest absolute Gasteiger partial charge is 0.423 e. The van der Waals surface area contributed by atoms with Crippen LogP contribution in [0.3, 0.4) is 0 Å². The number of benzene rings is 3. The summed E-state index contributed by atoms with van der Waals surface area (Å²) >= 11 is 1.11. The number of carbonyl (C=O) groups excluding carboxylic acids is 2. The molecule has 0 bridgehead atoms. The summed E-state index contributed by atoms with van der Waals surface area (Å²) in [5.74, 6) is -1.14. The molecule has 3 aromatic carbocycles. The highest BCUT2D eigenvalue weighted by Gasteiger charge is 2.34. The van der Waals surface area contributed by atoms with E-state index in [2.05, 4.69) is 17.9 Å². The molecule has 35 heavy (non-hydrogen) atoms. The van der Waals surface area contributed by atoms with E-state index in [1.807, 2.05) is 0 Å². The van der Waals surface area contributed by atoms with Crippen molar-refractivity contribution in [2.24, 2.45) is 0 Å². The Hall–Kier alpha value is -4.11. The van der Waals surface area contributed by atoms with Gasteiger partial charge < -0.3 is 14.2 Å². The van der Waals surface area contributed by atoms with Crippen molar-refractivity contribution >= 4 is 43.4 Å². The fraction of sp³-hybridized carbons (Fsp3) is 0.0769. The molecule has 0 amide bonds. The molecule has 0 aliphatic heterocycles. The highest BCUT2D eigenvalue weighted by molar-refractivity contribution is 7.26. The summed E-state index contributed by atoms with van der Waals surface area (Å²) in [6.07, 6.45) is -2.90. The molecule has 178 valence electrons. The summed E-state index contributed by atoms with van der Waals surface area (Å²) < 4.78 is 56.0. The number of aryl methyl sites for hydroxylation is 1. The van der Waals surface area contributed by atoms with Gasteiger partial charge in [0.25, 0.3) is 0 Å². The van der Waals surface area contributed by atoms with E-state index in [0.717, 1.165) is 23.5 Å². The van der Waals surface area contributed by atoms with Crippen molar-refractivity contribution in [3.8, 4) is 28.4 Å². The fourth-order valence-electron chi connectivity index (χ4n) is 3.56. The summed E-state index contributed by atoms with van der Waals surface area (Å²) in [6, 6.07) is 12.5. The molecule has 0 unspecified atom stereocenters. The van der Waals surface area contributed by atoms with Gasteiger partial charge in [-0.05, 0) is 42.8 Å². The first-order valence-corrected chi connectivity index (χ1v) is 11.0. The highest BCUT2D eigenvalue weighted by Crippen LogP contribution is 2.48. The zero-order valence-electron chi connectivity index (χ0n) is 18.3. The topological polar surface area (TPSA) is 61.8 Å². The second kappa shape index (κ2) is 9.27. The molecule has 5 nitrogen and oxygen atoms in total. The number of alkyl halides is 3. The zero-order valence-corrected chi connectivity index (χ0v) is 19.1. The summed E-state index contributed by atoms with van der Waals surface area (Å²) in [5, 5.41) is 1.26. The first-order valence-electron chi connectivity index (χ1n) is 10.1. The van der Waals surface area contributed by atoms with Crippen LogP contribution >= 0.6 is 11.3 Å². The average molecular weight is 498 g/mol. The lowest BCUT2D eigenvalue weighted by Gasteiger charge is -2.15. The number of ether oxygens (including phenoxy) is 3. The molecule has 0 saturated carbocycles. The third-order valence-corrected chi connectivity index (χ3v) is 6.45. The molecule has 4 aromatic rings. The second-order valence-electron chi connectivity index (χ2n) is 7.31. The van der Waals surface area contributed by atoms with Crippen molar-refractivity contribution in [1.82, 2.24) is 0 Å². The molecule has 1 aromatic heterocycles. The SMILES string of the molecule is C=CC(=O)Oc1ccc(-c2ccc3c(sc4c(C)c(OC(=O)C=C)ccc43)c2OC(F)(F)F)cc1. The second-order valence-corrected chi connectivity index (χ2v) is 8.33. The number of hydrogen-bond donors (Lipinski definition) is 0. The fourth-order valence-corrected chi connectivity index (χ4v) is 4.84. The predicted octanol–water partition coefficient (Wildman–Crippen LogP) is 7.11. The van der Waals surface area contributed by atoms with Gasteiger partial charge in [-0.2, -0.15) is 0 Å². The van der Waals surface area contributed by atoms with Crippen molar-refractivity contribution in [3.05, 3.63) is 79.4 Å². The van der Waals surface area contributed by atoms with Gasteiger partial charge in [-0.25, -0.2) is 9.59 Å². The van der Waals surface area contributed by atoms with Gasteiger partial charge in [0.1, 0.15) is 11.5 Å². The van der Waals surface area contributed by atoms with Crippen LogP contribution in [-0.4, -0.2) is 18.3 Å². The van der Waals surface area contributed by atoms with E-state index in [1.165, 1.54) is 24.3 Å². The number of hydrogen-bond acceptors (Lipinski definition) is 6. The minimum Gasteiger partial charge on any atom is -0.423 e. The van der Waals surface area contributed by atoms with Crippen LogP contribution in [0.25, 0.3) is 31.3 Å². The Labute approximate surface area is 201 Å². The van der Waals surface area contributed by atoms with Crippen LogP contribution in [0.2, 0.25) is 0 Å². The maximum Gasteiger partial charge on any atom is 0.573 e. The molecule has 0 fully saturated rings. The Morgan fingerprint density at radius 1 is 0.857 bits per heavy atom. The molecule has 1 heterocycles. The van der Waals surface area contributed by atoms with Gasteiger partial charge in [0.05, 0.1) is 4.70 Å². The summed E-state index contributed by atoms with van der Waals surface area (Å²) in [5.41, 5.74) is 1.24. The highest BCUT2D eigenvalue weighted by atomic mass is 32.1. The van der Waals surface area contributed by atoms with Gasteiger partial charge >= 0.3 is 18.3 Å². The Morgan fingerprint density at radius 3 is 2.09 bits per heavy atom. The molecule has 0 aliphatic carbocycles. The third kappa shape index (κ3) is 4.90. The molecule has 0 saturated heterocycles. The van der Waals surface area contributed by atoms with Crippen molar-refractivity contribution in [1.29, 1.82) is 0 Å². The lowest BCUT2D eigenvalue weighted by Crippen LogP contribution is -2.17. The summed E-state index contributed by atoms with van der Waals surface area (Å²) in [4.78, 5) is 23.0. The van der Waals surface area contributed by atoms with Crippen molar-refractivity contribution in [2.45, 2.75) is 13.3 Å². The number of esters is 2. The summed E-state index contributed by atoms with van der Waals surface area (Å²) in [7, 11) is 0.